The number of methoxy groups -OCH3 is 1. The van der Waals surface area contributed by atoms with Crippen molar-refractivity contribution in [2.45, 2.75) is 25.7 Å². The molecule has 0 unspecified atom stereocenters. The number of carboxylic acids is 1. The van der Waals surface area contributed by atoms with E-state index >= 15 is 0 Å². The fraction of sp³-hybridized carbons (Fsp3) is 0.385. The number of unbranched alkanes of at least 4 members (excludes halogenated alkanes) is 1. The molecule has 1 aromatic carbocycles. The highest BCUT2D eigenvalue weighted by Gasteiger charge is 2.07. The van der Waals surface area contributed by atoms with E-state index in [1.165, 1.54) is 0 Å². The van der Waals surface area contributed by atoms with Gasteiger partial charge in [-0.15, -0.1) is 0 Å². The number of anilines is 1. The summed E-state index contributed by atoms with van der Waals surface area (Å²) < 4.78 is 6.02. The van der Waals surface area contributed by atoms with Crippen LogP contribution in [0.15, 0.2) is 18.2 Å². The number of benzene rings is 1. The second-order valence-electron chi connectivity index (χ2n) is 3.99. The lowest BCUT2D eigenvalue weighted by atomic mass is 10.2. The largest absolute Gasteiger partial charge is 0.497 e. The van der Waals surface area contributed by atoms with Gasteiger partial charge in [0.1, 0.15) is 5.75 Å². The van der Waals surface area contributed by atoms with Crippen LogP contribution in [0.2, 0.25) is 0 Å². The molecule has 0 fully saturated rings. The summed E-state index contributed by atoms with van der Waals surface area (Å²) in [6.45, 7) is 0. The van der Waals surface area contributed by atoms with Gasteiger partial charge < -0.3 is 15.2 Å². The van der Waals surface area contributed by atoms with E-state index in [0.29, 0.717) is 30.7 Å². The van der Waals surface area contributed by atoms with E-state index in [9.17, 15) is 9.59 Å². The molecule has 1 aromatic rings. The van der Waals surface area contributed by atoms with Gasteiger partial charge in [0.05, 0.1) is 12.8 Å². The molecule has 0 atom stereocenters. The van der Waals surface area contributed by atoms with Gasteiger partial charge in [-0.2, -0.15) is 0 Å². The Labute approximate surface area is 125 Å². The minimum atomic E-state index is -0.831. The summed E-state index contributed by atoms with van der Waals surface area (Å²) in [7, 11) is 1.57. The first kappa shape index (κ1) is 15.7. The summed E-state index contributed by atoms with van der Waals surface area (Å²) in [6.07, 6.45) is 1.50. The highest BCUT2D eigenvalue weighted by atomic mass is 127. The number of carbonyl (C=O) groups excluding carboxylic acids is 1. The number of nitrogens with one attached hydrogen (secondary N) is 1. The van der Waals surface area contributed by atoms with Crippen LogP contribution in [-0.2, 0) is 9.59 Å². The number of carboxylic acid groups (broad SMARTS) is 1. The van der Waals surface area contributed by atoms with E-state index in [1.54, 1.807) is 13.2 Å². The second kappa shape index (κ2) is 7.98. The summed E-state index contributed by atoms with van der Waals surface area (Å²) in [6, 6.07) is 5.45. The molecule has 0 saturated carbocycles. The first-order chi connectivity index (χ1) is 9.02. The van der Waals surface area contributed by atoms with Crippen LogP contribution in [0.1, 0.15) is 25.7 Å². The Balaban J connectivity index is 2.45. The third-order valence-electron chi connectivity index (χ3n) is 2.49. The third kappa shape index (κ3) is 5.91. The summed E-state index contributed by atoms with van der Waals surface area (Å²) >= 11 is 2.13. The molecule has 0 radical (unpaired) electrons. The molecule has 0 aliphatic heterocycles. The number of aliphatic carboxylic acids is 1. The number of carbonyl (C=O) groups is 2. The summed E-state index contributed by atoms with van der Waals surface area (Å²) in [4.78, 5) is 22.0. The average molecular weight is 377 g/mol. The zero-order valence-electron chi connectivity index (χ0n) is 10.6. The van der Waals surface area contributed by atoms with Crippen LogP contribution in [-0.4, -0.2) is 24.1 Å². The molecule has 1 amide bonds. The molecular weight excluding hydrogens is 361 g/mol. The molecule has 0 heterocycles. The van der Waals surface area contributed by atoms with E-state index in [-0.39, 0.29) is 12.3 Å². The smallest absolute Gasteiger partial charge is 0.303 e. The number of rotatable bonds is 7. The Bertz CT molecular complexity index is 462. The zero-order valence-corrected chi connectivity index (χ0v) is 12.8. The average Bonchev–Trinajstić information content (AvgIpc) is 2.37. The maximum atomic E-state index is 11.7. The first-order valence-electron chi connectivity index (χ1n) is 5.88. The SMILES string of the molecule is COc1ccc(I)c(NC(=O)CCCCC(=O)O)c1. The maximum Gasteiger partial charge on any atom is 0.303 e. The summed E-state index contributed by atoms with van der Waals surface area (Å²) in [5.41, 5.74) is 0.711. The molecule has 6 heteroatoms. The molecule has 0 aliphatic rings. The van der Waals surface area contributed by atoms with Crippen LogP contribution in [0.5, 0.6) is 5.75 Å². The van der Waals surface area contributed by atoms with Gasteiger partial charge in [-0.05, 0) is 47.6 Å². The lowest BCUT2D eigenvalue weighted by Crippen LogP contribution is -2.12. The second-order valence-corrected chi connectivity index (χ2v) is 5.16. The number of halogens is 1. The molecule has 0 aliphatic carbocycles. The fourth-order valence-electron chi connectivity index (χ4n) is 1.50. The zero-order chi connectivity index (χ0) is 14.3. The van der Waals surface area contributed by atoms with Crippen molar-refractivity contribution in [3.8, 4) is 5.75 Å². The maximum absolute atomic E-state index is 11.7. The highest BCUT2D eigenvalue weighted by Crippen LogP contribution is 2.24. The van der Waals surface area contributed by atoms with E-state index in [2.05, 4.69) is 27.9 Å². The van der Waals surface area contributed by atoms with E-state index in [4.69, 9.17) is 9.84 Å². The van der Waals surface area contributed by atoms with Crippen molar-refractivity contribution in [3.05, 3.63) is 21.8 Å². The molecular formula is C13H16INO4. The van der Waals surface area contributed by atoms with Crippen LogP contribution in [0.25, 0.3) is 0 Å². The van der Waals surface area contributed by atoms with E-state index in [1.807, 2.05) is 12.1 Å². The van der Waals surface area contributed by atoms with Crippen LogP contribution >= 0.6 is 22.6 Å². The van der Waals surface area contributed by atoms with Crippen LogP contribution < -0.4 is 10.1 Å². The summed E-state index contributed by atoms with van der Waals surface area (Å²) in [5.74, 6) is -0.263. The van der Waals surface area contributed by atoms with Crippen molar-refractivity contribution < 1.29 is 19.4 Å². The quantitative estimate of drug-likeness (QED) is 0.566. The fourth-order valence-corrected chi connectivity index (χ4v) is 1.97. The topological polar surface area (TPSA) is 75.6 Å². The lowest BCUT2D eigenvalue weighted by Gasteiger charge is -2.09. The van der Waals surface area contributed by atoms with Crippen LogP contribution in [0.4, 0.5) is 5.69 Å². The van der Waals surface area contributed by atoms with E-state index < -0.39 is 5.97 Å². The van der Waals surface area contributed by atoms with Gasteiger partial charge >= 0.3 is 5.97 Å². The predicted molar refractivity (Wildman–Crippen MR) is 80.4 cm³/mol. The van der Waals surface area contributed by atoms with Gasteiger partial charge in [0, 0.05) is 22.5 Å². The van der Waals surface area contributed by atoms with Crippen LogP contribution in [0.3, 0.4) is 0 Å². The van der Waals surface area contributed by atoms with Gasteiger partial charge in [-0.25, -0.2) is 0 Å². The number of amides is 1. The van der Waals surface area contributed by atoms with Crippen molar-refractivity contribution in [2.24, 2.45) is 0 Å². The molecule has 1 rings (SSSR count). The minimum absolute atomic E-state index is 0.101. The first-order valence-corrected chi connectivity index (χ1v) is 6.96. The van der Waals surface area contributed by atoms with Crippen LogP contribution in [0, 0.1) is 3.57 Å². The van der Waals surface area contributed by atoms with E-state index in [0.717, 1.165) is 3.57 Å². The minimum Gasteiger partial charge on any atom is -0.497 e. The molecule has 19 heavy (non-hydrogen) atoms. The molecule has 104 valence electrons. The Kier molecular flexibility index (Phi) is 6.61. The Morgan fingerprint density at radius 3 is 2.63 bits per heavy atom. The lowest BCUT2D eigenvalue weighted by molar-refractivity contribution is -0.137. The monoisotopic (exact) mass is 377 g/mol. The molecule has 0 bridgehead atoms. The van der Waals surface area contributed by atoms with Gasteiger partial charge in [-0.1, -0.05) is 0 Å². The van der Waals surface area contributed by atoms with Gasteiger partial charge in [0.2, 0.25) is 5.91 Å². The Morgan fingerprint density at radius 1 is 1.32 bits per heavy atom. The van der Waals surface area contributed by atoms with Gasteiger partial charge in [0.15, 0.2) is 0 Å². The van der Waals surface area contributed by atoms with Crippen molar-refractivity contribution in [3.63, 3.8) is 0 Å². The standard InChI is InChI=1S/C13H16INO4/c1-19-9-6-7-10(14)11(8-9)15-12(16)4-2-3-5-13(17)18/h6-8H,2-5H2,1H3,(H,15,16)(H,17,18). The Morgan fingerprint density at radius 2 is 2.00 bits per heavy atom. The van der Waals surface area contributed by atoms with Gasteiger partial charge in [0.25, 0.3) is 0 Å². The Hall–Kier alpha value is -1.31. The van der Waals surface area contributed by atoms with Crippen molar-refractivity contribution in [1.82, 2.24) is 0 Å². The molecule has 0 saturated heterocycles. The molecule has 0 aromatic heterocycles. The predicted octanol–water partition coefficient (Wildman–Crippen LogP) is 2.88. The number of ether oxygens (including phenoxy) is 1. The van der Waals surface area contributed by atoms with Gasteiger partial charge in [-0.3, -0.25) is 9.59 Å². The molecule has 2 N–H and O–H groups in total. The molecule has 0 spiro atoms. The van der Waals surface area contributed by atoms with Crippen molar-refractivity contribution >= 4 is 40.2 Å². The highest BCUT2D eigenvalue weighted by molar-refractivity contribution is 14.1. The summed E-state index contributed by atoms with van der Waals surface area (Å²) in [5, 5.41) is 11.3. The number of hydrogen-bond donors (Lipinski definition) is 2. The number of hydrogen-bond acceptors (Lipinski definition) is 3. The normalized spacial score (nSPS) is 10.0. The molecule has 5 nitrogen and oxygen atoms in total. The third-order valence-corrected chi connectivity index (χ3v) is 3.43. The van der Waals surface area contributed by atoms with Crippen molar-refractivity contribution in [1.29, 1.82) is 0 Å². The van der Waals surface area contributed by atoms with Crippen molar-refractivity contribution in [2.75, 3.05) is 12.4 Å².